The minimum absolute atomic E-state index is 0. The van der Waals surface area contributed by atoms with Gasteiger partial charge < -0.3 is 16.0 Å². The van der Waals surface area contributed by atoms with Gasteiger partial charge in [0, 0.05) is 23.6 Å². The topological polar surface area (TPSA) is 75.4 Å². The van der Waals surface area contributed by atoms with Gasteiger partial charge in [-0.25, -0.2) is 0 Å². The van der Waals surface area contributed by atoms with Crippen LogP contribution in [0.25, 0.3) is 0 Å². The molecule has 2 amide bonds. The first-order valence-electron chi connectivity index (χ1n) is 7.94. The van der Waals surface area contributed by atoms with Crippen molar-refractivity contribution in [2.75, 3.05) is 25.5 Å². The Kier molecular flexibility index (Phi) is 11.7. The first-order valence-corrected chi connectivity index (χ1v) is 8.73. The van der Waals surface area contributed by atoms with E-state index >= 15 is 0 Å². The molecule has 24 heavy (non-hydrogen) atoms. The van der Waals surface area contributed by atoms with Crippen LogP contribution in [0, 0.1) is 6.92 Å². The molecule has 5 nitrogen and oxygen atoms in total. The van der Waals surface area contributed by atoms with Crippen molar-refractivity contribution in [2.24, 2.45) is 5.73 Å². The maximum Gasteiger partial charge on any atom is 0.243 e. The summed E-state index contributed by atoms with van der Waals surface area (Å²) in [5.41, 5.74) is 7.17. The number of halogens is 2. The third-order valence-corrected chi connectivity index (χ3v) is 4.11. The summed E-state index contributed by atoms with van der Waals surface area (Å²) in [5.74, 6) is -0.185. The molecule has 0 aliphatic heterocycles. The van der Waals surface area contributed by atoms with Crippen LogP contribution in [0.1, 0.15) is 37.7 Å². The Bertz CT molecular complexity index is 541. The molecule has 0 aromatic heterocycles. The summed E-state index contributed by atoms with van der Waals surface area (Å²) in [5, 5.41) is 2.84. The van der Waals surface area contributed by atoms with Crippen molar-refractivity contribution in [2.45, 2.75) is 39.0 Å². The van der Waals surface area contributed by atoms with Crippen molar-refractivity contribution < 1.29 is 9.59 Å². The Hall–Kier alpha value is -1.11. The van der Waals surface area contributed by atoms with E-state index in [-0.39, 0.29) is 30.8 Å². The molecule has 0 saturated carbocycles. The largest absolute Gasteiger partial charge is 0.336 e. The van der Waals surface area contributed by atoms with Crippen LogP contribution >= 0.6 is 28.3 Å². The molecule has 0 heterocycles. The van der Waals surface area contributed by atoms with Crippen LogP contribution in [0.5, 0.6) is 0 Å². The van der Waals surface area contributed by atoms with Gasteiger partial charge in [0.2, 0.25) is 11.8 Å². The lowest BCUT2D eigenvalue weighted by molar-refractivity contribution is -0.133. The number of hydrogen-bond donors (Lipinski definition) is 2. The second-order valence-electron chi connectivity index (χ2n) is 5.71. The fourth-order valence-corrected chi connectivity index (χ4v) is 2.70. The van der Waals surface area contributed by atoms with E-state index in [0.29, 0.717) is 13.0 Å². The van der Waals surface area contributed by atoms with E-state index in [1.807, 2.05) is 25.1 Å². The van der Waals surface area contributed by atoms with Crippen LogP contribution in [0.15, 0.2) is 22.7 Å². The molecule has 0 saturated heterocycles. The van der Waals surface area contributed by atoms with Gasteiger partial charge in [-0.05, 0) is 50.1 Å². The van der Waals surface area contributed by atoms with E-state index in [1.54, 1.807) is 7.05 Å². The Morgan fingerprint density at radius 2 is 1.88 bits per heavy atom. The summed E-state index contributed by atoms with van der Waals surface area (Å²) >= 11 is 3.39. The average molecular weight is 421 g/mol. The van der Waals surface area contributed by atoms with Crippen LogP contribution in [0.4, 0.5) is 5.69 Å². The lowest BCUT2D eigenvalue weighted by Crippen LogP contribution is -2.34. The molecule has 0 fully saturated rings. The summed E-state index contributed by atoms with van der Waals surface area (Å²) in [7, 11) is 1.66. The highest BCUT2D eigenvalue weighted by Gasteiger charge is 2.13. The number of amides is 2. The van der Waals surface area contributed by atoms with Gasteiger partial charge in [-0.3, -0.25) is 9.59 Å². The molecule has 0 bridgehead atoms. The molecule has 0 aliphatic carbocycles. The minimum Gasteiger partial charge on any atom is -0.336 e. The molecular weight excluding hydrogens is 394 g/mol. The molecule has 1 aromatic rings. The van der Waals surface area contributed by atoms with E-state index in [2.05, 4.69) is 21.2 Å². The lowest BCUT2D eigenvalue weighted by Gasteiger charge is -2.17. The predicted octanol–water partition coefficient (Wildman–Crippen LogP) is 3.49. The number of hydrogen-bond acceptors (Lipinski definition) is 3. The summed E-state index contributed by atoms with van der Waals surface area (Å²) in [6.45, 7) is 2.69. The molecule has 136 valence electrons. The Labute approximate surface area is 158 Å². The number of benzene rings is 1. The maximum atomic E-state index is 12.0. The number of likely N-dealkylation sites (N-methyl/N-ethyl adjacent to an activating group) is 1. The molecule has 0 radical (unpaired) electrons. The highest BCUT2D eigenvalue weighted by atomic mass is 79.9. The predicted molar refractivity (Wildman–Crippen MR) is 105 cm³/mol. The number of carbonyl (C=O) groups is 2. The number of anilines is 1. The molecule has 1 aromatic carbocycles. The molecule has 0 atom stereocenters. The number of nitrogens with zero attached hydrogens (tertiary/aromatic N) is 1. The van der Waals surface area contributed by atoms with E-state index in [4.69, 9.17) is 5.73 Å². The molecule has 0 aliphatic rings. The molecule has 7 heteroatoms. The van der Waals surface area contributed by atoms with Gasteiger partial charge in [-0.15, -0.1) is 12.4 Å². The van der Waals surface area contributed by atoms with Crippen molar-refractivity contribution in [3.05, 3.63) is 28.2 Å². The molecule has 3 N–H and O–H groups in total. The third kappa shape index (κ3) is 8.66. The van der Waals surface area contributed by atoms with Crippen molar-refractivity contribution in [1.82, 2.24) is 4.90 Å². The van der Waals surface area contributed by atoms with Crippen molar-refractivity contribution in [3.63, 3.8) is 0 Å². The fourth-order valence-electron chi connectivity index (χ4n) is 2.23. The number of unbranched alkanes of at least 4 members (excludes halogenated alkanes) is 3. The van der Waals surface area contributed by atoms with Gasteiger partial charge in [0.25, 0.3) is 0 Å². The summed E-state index contributed by atoms with van der Waals surface area (Å²) < 4.78 is 0.968. The van der Waals surface area contributed by atoms with Gasteiger partial charge in [-0.2, -0.15) is 0 Å². The van der Waals surface area contributed by atoms with E-state index in [0.717, 1.165) is 41.4 Å². The van der Waals surface area contributed by atoms with E-state index in [9.17, 15) is 9.59 Å². The second kappa shape index (κ2) is 12.3. The van der Waals surface area contributed by atoms with Gasteiger partial charge in [0.15, 0.2) is 0 Å². The summed E-state index contributed by atoms with van der Waals surface area (Å²) in [6.07, 6.45) is 4.37. The molecule has 0 spiro atoms. The van der Waals surface area contributed by atoms with E-state index < -0.39 is 0 Å². The lowest BCUT2D eigenvalue weighted by atomic mass is 10.1. The normalized spacial score (nSPS) is 10.0. The van der Waals surface area contributed by atoms with Gasteiger partial charge in [0.1, 0.15) is 0 Å². The quantitative estimate of drug-likeness (QED) is 0.600. The molecule has 0 unspecified atom stereocenters. The number of nitrogens with two attached hydrogens (primary N) is 1. The molecular formula is C17H27BrClN3O2. The van der Waals surface area contributed by atoms with E-state index in [1.165, 1.54) is 4.90 Å². The third-order valence-electron chi connectivity index (χ3n) is 3.61. The fraction of sp³-hybridized carbons (Fsp3) is 0.529. The monoisotopic (exact) mass is 419 g/mol. The van der Waals surface area contributed by atoms with Gasteiger partial charge >= 0.3 is 0 Å². The van der Waals surface area contributed by atoms with Crippen LogP contribution in [0.3, 0.4) is 0 Å². The smallest absolute Gasteiger partial charge is 0.243 e. The average Bonchev–Trinajstić information content (AvgIpc) is 2.49. The Morgan fingerprint density at radius 1 is 1.21 bits per heavy atom. The first-order chi connectivity index (χ1) is 10.9. The zero-order valence-electron chi connectivity index (χ0n) is 14.3. The standard InChI is InChI=1S/C17H26BrN3O2.ClH/c1-13-11-14(18)8-9-15(13)20-16(22)12-21(2)17(23)7-5-3-4-6-10-19;/h8-9,11H,3-7,10,12,19H2,1-2H3,(H,20,22);1H. The van der Waals surface area contributed by atoms with Gasteiger partial charge in [-0.1, -0.05) is 28.8 Å². The Balaban J connectivity index is 0.00000529. The number of rotatable bonds is 9. The molecule has 1 rings (SSSR count). The highest BCUT2D eigenvalue weighted by Crippen LogP contribution is 2.19. The zero-order chi connectivity index (χ0) is 17.2. The number of nitrogens with one attached hydrogen (secondary N) is 1. The number of aryl methyl sites for hydroxylation is 1. The minimum atomic E-state index is -0.186. The first kappa shape index (κ1) is 22.9. The Morgan fingerprint density at radius 3 is 2.50 bits per heavy atom. The van der Waals surface area contributed by atoms with Crippen LogP contribution in [0.2, 0.25) is 0 Å². The van der Waals surface area contributed by atoms with Crippen molar-refractivity contribution in [3.8, 4) is 0 Å². The maximum absolute atomic E-state index is 12.0. The van der Waals surface area contributed by atoms with Crippen molar-refractivity contribution >= 4 is 45.8 Å². The van der Waals surface area contributed by atoms with Gasteiger partial charge in [0.05, 0.1) is 6.54 Å². The van der Waals surface area contributed by atoms with Crippen LogP contribution < -0.4 is 11.1 Å². The van der Waals surface area contributed by atoms with Crippen LogP contribution in [-0.2, 0) is 9.59 Å². The SMILES string of the molecule is Cc1cc(Br)ccc1NC(=O)CN(C)C(=O)CCCCCCN.Cl. The van der Waals surface area contributed by atoms with Crippen LogP contribution in [-0.4, -0.2) is 36.9 Å². The van der Waals surface area contributed by atoms with Crippen molar-refractivity contribution in [1.29, 1.82) is 0 Å². The zero-order valence-corrected chi connectivity index (χ0v) is 16.7. The second-order valence-corrected chi connectivity index (χ2v) is 6.63. The summed E-state index contributed by atoms with van der Waals surface area (Å²) in [6, 6.07) is 5.65. The highest BCUT2D eigenvalue weighted by molar-refractivity contribution is 9.10. The summed E-state index contributed by atoms with van der Waals surface area (Å²) in [4.78, 5) is 25.5. The number of carbonyl (C=O) groups excluding carboxylic acids is 2.